The Morgan fingerprint density at radius 2 is 2.10 bits per heavy atom. The third kappa shape index (κ3) is 2.64. The average Bonchev–Trinajstić information content (AvgIpc) is 2.92. The lowest BCUT2D eigenvalue weighted by Gasteiger charge is -2.54. The van der Waals surface area contributed by atoms with Crippen LogP contribution in [0.3, 0.4) is 0 Å². The SMILES string of the molecule is CCOC1CC(Nc2c(C)cc(Cl)nc2Cl)C12CCCC2. The number of aryl methyl sites for hydroxylation is 1. The van der Waals surface area contributed by atoms with Gasteiger partial charge < -0.3 is 10.1 Å². The van der Waals surface area contributed by atoms with Crippen molar-refractivity contribution in [2.75, 3.05) is 11.9 Å². The summed E-state index contributed by atoms with van der Waals surface area (Å²) >= 11 is 12.2. The Bertz CT molecular complexity index is 506. The molecule has 1 spiro atoms. The Balaban J connectivity index is 1.80. The van der Waals surface area contributed by atoms with E-state index in [9.17, 15) is 0 Å². The molecule has 1 N–H and O–H groups in total. The van der Waals surface area contributed by atoms with Crippen molar-refractivity contribution in [3.05, 3.63) is 21.9 Å². The summed E-state index contributed by atoms with van der Waals surface area (Å²) in [4.78, 5) is 4.15. The van der Waals surface area contributed by atoms with Gasteiger partial charge >= 0.3 is 0 Å². The lowest BCUT2D eigenvalue weighted by atomic mass is 9.60. The highest BCUT2D eigenvalue weighted by atomic mass is 35.5. The van der Waals surface area contributed by atoms with E-state index in [-0.39, 0.29) is 5.41 Å². The largest absolute Gasteiger partial charge is 0.379 e. The fourth-order valence-corrected chi connectivity index (χ4v) is 4.62. The quantitative estimate of drug-likeness (QED) is 0.802. The highest BCUT2D eigenvalue weighted by Crippen LogP contribution is 2.56. The molecule has 116 valence electrons. The molecule has 2 aliphatic rings. The molecule has 1 aromatic heterocycles. The number of ether oxygens (including phenoxy) is 1. The zero-order chi connectivity index (χ0) is 15.0. The Kier molecular flexibility index (Phi) is 4.35. The second-order valence-electron chi connectivity index (χ2n) is 6.24. The molecule has 0 saturated heterocycles. The summed E-state index contributed by atoms with van der Waals surface area (Å²) in [6.07, 6.45) is 6.52. The van der Waals surface area contributed by atoms with Crippen LogP contribution in [0.5, 0.6) is 0 Å². The first-order chi connectivity index (χ1) is 10.1. The number of nitrogens with zero attached hydrogens (tertiary/aromatic N) is 1. The summed E-state index contributed by atoms with van der Waals surface area (Å²) in [6, 6.07) is 2.28. The van der Waals surface area contributed by atoms with Crippen molar-refractivity contribution in [1.82, 2.24) is 4.98 Å². The van der Waals surface area contributed by atoms with Gasteiger partial charge in [0.1, 0.15) is 5.15 Å². The average molecular weight is 329 g/mol. The Labute approximate surface area is 136 Å². The molecule has 2 atom stereocenters. The predicted molar refractivity (Wildman–Crippen MR) is 87.3 cm³/mol. The molecule has 0 bridgehead atoms. The van der Waals surface area contributed by atoms with Gasteiger partial charge in [0.2, 0.25) is 0 Å². The van der Waals surface area contributed by atoms with Crippen LogP contribution in [0.4, 0.5) is 5.69 Å². The highest BCUT2D eigenvalue weighted by Gasteiger charge is 2.56. The fraction of sp³-hybridized carbons (Fsp3) is 0.688. The summed E-state index contributed by atoms with van der Waals surface area (Å²) in [6.45, 7) is 4.89. The van der Waals surface area contributed by atoms with E-state index in [1.54, 1.807) is 0 Å². The van der Waals surface area contributed by atoms with Crippen LogP contribution >= 0.6 is 23.2 Å². The van der Waals surface area contributed by atoms with E-state index in [1.807, 2.05) is 13.0 Å². The number of hydrogen-bond donors (Lipinski definition) is 1. The molecule has 3 rings (SSSR count). The van der Waals surface area contributed by atoms with Crippen molar-refractivity contribution in [2.45, 2.75) is 58.1 Å². The lowest BCUT2D eigenvalue weighted by molar-refractivity contribution is -0.114. The van der Waals surface area contributed by atoms with E-state index in [2.05, 4.69) is 17.2 Å². The van der Waals surface area contributed by atoms with Gasteiger partial charge in [-0.15, -0.1) is 0 Å². The minimum Gasteiger partial charge on any atom is -0.379 e. The molecule has 2 saturated carbocycles. The first-order valence-electron chi connectivity index (χ1n) is 7.77. The Morgan fingerprint density at radius 1 is 1.38 bits per heavy atom. The molecular formula is C16H22Cl2N2O. The van der Waals surface area contributed by atoms with Crippen LogP contribution in [-0.4, -0.2) is 23.7 Å². The minimum atomic E-state index is 0.283. The fourth-order valence-electron chi connectivity index (χ4n) is 4.03. The number of rotatable bonds is 4. The van der Waals surface area contributed by atoms with Gasteiger partial charge in [0, 0.05) is 18.1 Å². The van der Waals surface area contributed by atoms with E-state index in [0.29, 0.717) is 22.5 Å². The predicted octanol–water partition coefficient (Wildman–Crippen LogP) is 4.85. The van der Waals surface area contributed by atoms with Crippen LogP contribution in [-0.2, 0) is 4.74 Å². The maximum Gasteiger partial charge on any atom is 0.154 e. The van der Waals surface area contributed by atoms with Gasteiger partial charge in [0.15, 0.2) is 5.15 Å². The van der Waals surface area contributed by atoms with Crippen molar-refractivity contribution < 1.29 is 4.74 Å². The van der Waals surface area contributed by atoms with Gasteiger partial charge in [-0.05, 0) is 44.7 Å². The molecule has 0 amide bonds. The van der Waals surface area contributed by atoms with Crippen molar-refractivity contribution in [3.8, 4) is 0 Å². The maximum absolute atomic E-state index is 6.26. The van der Waals surface area contributed by atoms with Crippen molar-refractivity contribution >= 4 is 28.9 Å². The molecule has 0 radical (unpaired) electrons. The standard InChI is InChI=1S/C16H22Cl2N2O/c1-3-21-12-9-11(16(12)6-4-5-7-16)19-14-10(2)8-13(17)20-15(14)18/h8,11-12,19H,3-7,9H2,1-2H3. The maximum atomic E-state index is 6.26. The Hall–Kier alpha value is -0.510. The van der Waals surface area contributed by atoms with Gasteiger partial charge in [0.25, 0.3) is 0 Å². The monoisotopic (exact) mass is 328 g/mol. The van der Waals surface area contributed by atoms with Crippen LogP contribution in [0.25, 0.3) is 0 Å². The summed E-state index contributed by atoms with van der Waals surface area (Å²) < 4.78 is 5.95. The third-order valence-corrected chi connectivity index (χ3v) is 5.61. The molecule has 2 unspecified atom stereocenters. The van der Waals surface area contributed by atoms with E-state index in [4.69, 9.17) is 27.9 Å². The summed E-state index contributed by atoms with van der Waals surface area (Å²) in [5, 5.41) is 4.54. The first-order valence-corrected chi connectivity index (χ1v) is 8.53. The second kappa shape index (κ2) is 5.94. The zero-order valence-corrected chi connectivity index (χ0v) is 14.1. The molecule has 5 heteroatoms. The molecule has 2 fully saturated rings. The van der Waals surface area contributed by atoms with Gasteiger partial charge in [-0.2, -0.15) is 0 Å². The van der Waals surface area contributed by atoms with Crippen LogP contribution in [0, 0.1) is 12.3 Å². The summed E-state index contributed by atoms with van der Waals surface area (Å²) in [5.74, 6) is 0. The summed E-state index contributed by atoms with van der Waals surface area (Å²) in [5.41, 5.74) is 2.26. The topological polar surface area (TPSA) is 34.1 Å². The molecule has 2 aliphatic carbocycles. The number of aromatic nitrogens is 1. The van der Waals surface area contributed by atoms with Gasteiger partial charge in [-0.3, -0.25) is 0 Å². The van der Waals surface area contributed by atoms with Crippen molar-refractivity contribution in [1.29, 1.82) is 0 Å². The molecule has 3 nitrogen and oxygen atoms in total. The first kappa shape index (κ1) is 15.4. The summed E-state index contributed by atoms with van der Waals surface area (Å²) in [7, 11) is 0. The van der Waals surface area contributed by atoms with Crippen molar-refractivity contribution in [3.63, 3.8) is 0 Å². The van der Waals surface area contributed by atoms with Crippen LogP contribution in [0.2, 0.25) is 10.3 Å². The third-order valence-electron chi connectivity index (χ3n) is 5.15. The van der Waals surface area contributed by atoms with E-state index < -0.39 is 0 Å². The van der Waals surface area contributed by atoms with E-state index >= 15 is 0 Å². The molecule has 0 aliphatic heterocycles. The highest BCUT2D eigenvalue weighted by molar-refractivity contribution is 6.34. The van der Waals surface area contributed by atoms with Crippen molar-refractivity contribution in [2.24, 2.45) is 5.41 Å². The smallest absolute Gasteiger partial charge is 0.154 e. The van der Waals surface area contributed by atoms with E-state index in [1.165, 1.54) is 25.7 Å². The second-order valence-corrected chi connectivity index (χ2v) is 6.99. The Morgan fingerprint density at radius 3 is 2.71 bits per heavy atom. The molecule has 0 aromatic carbocycles. The van der Waals surface area contributed by atoms with E-state index in [0.717, 1.165) is 24.3 Å². The van der Waals surface area contributed by atoms with Gasteiger partial charge in [-0.25, -0.2) is 4.98 Å². The molecule has 1 heterocycles. The molecule has 21 heavy (non-hydrogen) atoms. The van der Waals surface area contributed by atoms with Crippen LogP contribution in [0.1, 0.15) is 44.6 Å². The number of halogens is 2. The minimum absolute atomic E-state index is 0.283. The number of hydrogen-bond acceptors (Lipinski definition) is 3. The normalized spacial score (nSPS) is 26.9. The van der Waals surface area contributed by atoms with Crippen LogP contribution < -0.4 is 5.32 Å². The molecular weight excluding hydrogens is 307 g/mol. The molecule has 1 aromatic rings. The van der Waals surface area contributed by atoms with Crippen LogP contribution in [0.15, 0.2) is 6.07 Å². The number of nitrogens with one attached hydrogen (secondary N) is 1. The van der Waals surface area contributed by atoms with Gasteiger partial charge in [0.05, 0.1) is 11.8 Å². The van der Waals surface area contributed by atoms with Gasteiger partial charge in [-0.1, -0.05) is 36.0 Å². The lowest BCUT2D eigenvalue weighted by Crippen LogP contribution is -2.60. The number of pyridine rings is 1. The number of anilines is 1. The zero-order valence-electron chi connectivity index (χ0n) is 12.6.